The van der Waals surface area contributed by atoms with E-state index in [0.717, 1.165) is 11.4 Å². The van der Waals surface area contributed by atoms with Gasteiger partial charge in [-0.2, -0.15) is 0 Å². The number of benzene rings is 1. The fourth-order valence-corrected chi connectivity index (χ4v) is 2.82. The maximum atomic E-state index is 6.24. The zero-order valence-electron chi connectivity index (χ0n) is 7.73. The van der Waals surface area contributed by atoms with Crippen LogP contribution < -0.4 is 0 Å². The minimum absolute atomic E-state index is 0.942. The van der Waals surface area contributed by atoms with Crippen molar-refractivity contribution >= 4 is 33.0 Å². The van der Waals surface area contributed by atoms with Crippen LogP contribution in [0.2, 0.25) is 5.02 Å². The largest absolute Gasteiger partial charge is 0.143 e. The lowest BCUT2D eigenvalue weighted by Gasteiger charge is -2.05. The molecule has 1 aromatic carbocycles. The van der Waals surface area contributed by atoms with E-state index in [1.807, 2.05) is 0 Å². The Hall–Kier alpha value is -0.530. The van der Waals surface area contributed by atoms with Gasteiger partial charge in [0.05, 0.1) is 0 Å². The van der Waals surface area contributed by atoms with Gasteiger partial charge < -0.3 is 0 Å². The van der Waals surface area contributed by atoms with Crippen LogP contribution in [0.4, 0.5) is 0 Å². The summed E-state index contributed by atoms with van der Waals surface area (Å²) in [5.74, 6) is 0. The van der Waals surface area contributed by atoms with Crippen LogP contribution in [0.3, 0.4) is 0 Å². The number of thiophene rings is 1. The minimum Gasteiger partial charge on any atom is -0.143 e. The van der Waals surface area contributed by atoms with Gasteiger partial charge in [-0.3, -0.25) is 0 Å². The summed E-state index contributed by atoms with van der Waals surface area (Å²) in [4.78, 5) is 0. The molecule has 0 unspecified atom stereocenters. The molecule has 13 heavy (non-hydrogen) atoms. The highest BCUT2D eigenvalue weighted by Gasteiger charge is 2.07. The number of hydrogen-bond donors (Lipinski definition) is 0. The summed E-state index contributed by atoms with van der Waals surface area (Å²) in [6.07, 6.45) is 1.01. The lowest BCUT2D eigenvalue weighted by atomic mass is 10.1. The molecule has 0 aliphatic heterocycles. The molecule has 0 fully saturated rings. The van der Waals surface area contributed by atoms with Crippen LogP contribution in [-0.2, 0) is 6.42 Å². The second-order valence-corrected chi connectivity index (χ2v) is 4.46. The molecule has 0 atom stereocenters. The Morgan fingerprint density at radius 3 is 2.92 bits per heavy atom. The van der Waals surface area contributed by atoms with Crippen molar-refractivity contribution in [3.8, 4) is 0 Å². The first-order valence-electron chi connectivity index (χ1n) is 4.39. The average molecular weight is 211 g/mol. The zero-order chi connectivity index (χ0) is 9.42. The molecular weight excluding hydrogens is 200 g/mol. The monoisotopic (exact) mass is 210 g/mol. The fourth-order valence-electron chi connectivity index (χ4n) is 1.59. The molecule has 0 nitrogen and oxygen atoms in total. The van der Waals surface area contributed by atoms with Crippen LogP contribution in [0.5, 0.6) is 0 Å². The summed E-state index contributed by atoms with van der Waals surface area (Å²) in [6, 6.07) is 4.35. The van der Waals surface area contributed by atoms with Crippen molar-refractivity contribution in [2.24, 2.45) is 0 Å². The molecular formula is C11H11ClS. The van der Waals surface area contributed by atoms with E-state index in [2.05, 4.69) is 31.4 Å². The zero-order valence-corrected chi connectivity index (χ0v) is 9.30. The second-order valence-electron chi connectivity index (χ2n) is 3.17. The molecule has 68 valence electrons. The quantitative estimate of drug-likeness (QED) is 0.654. The van der Waals surface area contributed by atoms with Crippen molar-refractivity contribution in [2.45, 2.75) is 20.3 Å². The molecule has 1 heterocycles. The van der Waals surface area contributed by atoms with Crippen LogP contribution in [-0.4, -0.2) is 0 Å². The van der Waals surface area contributed by atoms with Crippen molar-refractivity contribution in [3.63, 3.8) is 0 Å². The van der Waals surface area contributed by atoms with Gasteiger partial charge in [0.25, 0.3) is 0 Å². The summed E-state index contributed by atoms with van der Waals surface area (Å²) < 4.78 is 1.32. The summed E-state index contributed by atoms with van der Waals surface area (Å²) in [7, 11) is 0. The number of hydrogen-bond acceptors (Lipinski definition) is 1. The van der Waals surface area contributed by atoms with E-state index in [4.69, 9.17) is 11.6 Å². The molecule has 0 aliphatic carbocycles. The highest BCUT2D eigenvalue weighted by atomic mass is 35.5. The molecule has 0 aliphatic rings. The van der Waals surface area contributed by atoms with Gasteiger partial charge in [0.1, 0.15) is 0 Å². The average Bonchev–Trinajstić information content (AvgIpc) is 2.59. The van der Waals surface area contributed by atoms with Crippen LogP contribution in [0.25, 0.3) is 10.1 Å². The molecule has 2 aromatic rings. The van der Waals surface area contributed by atoms with Crippen LogP contribution in [0, 0.1) is 6.92 Å². The molecule has 0 saturated carbocycles. The highest BCUT2D eigenvalue weighted by molar-refractivity contribution is 7.17. The molecule has 2 heteroatoms. The Morgan fingerprint density at radius 1 is 1.46 bits per heavy atom. The van der Waals surface area contributed by atoms with E-state index >= 15 is 0 Å². The Morgan fingerprint density at radius 2 is 2.23 bits per heavy atom. The SMILES string of the molecule is CCc1cc2ccsc2c(C)c1Cl. The predicted octanol–water partition coefficient (Wildman–Crippen LogP) is 4.43. The number of aryl methyl sites for hydroxylation is 2. The van der Waals surface area contributed by atoms with Gasteiger partial charge in [0.15, 0.2) is 0 Å². The van der Waals surface area contributed by atoms with E-state index < -0.39 is 0 Å². The van der Waals surface area contributed by atoms with Crippen molar-refractivity contribution < 1.29 is 0 Å². The third kappa shape index (κ3) is 1.36. The summed E-state index contributed by atoms with van der Waals surface area (Å²) in [5.41, 5.74) is 2.48. The first-order valence-corrected chi connectivity index (χ1v) is 5.65. The number of fused-ring (bicyclic) bond motifs is 1. The van der Waals surface area contributed by atoms with E-state index in [1.165, 1.54) is 21.2 Å². The van der Waals surface area contributed by atoms with Crippen molar-refractivity contribution in [3.05, 3.63) is 33.7 Å². The third-order valence-corrected chi connectivity index (χ3v) is 3.93. The van der Waals surface area contributed by atoms with E-state index in [9.17, 15) is 0 Å². The van der Waals surface area contributed by atoms with Crippen LogP contribution >= 0.6 is 22.9 Å². The molecule has 1 aromatic heterocycles. The van der Waals surface area contributed by atoms with Gasteiger partial charge in [0, 0.05) is 9.72 Å². The van der Waals surface area contributed by atoms with E-state index in [1.54, 1.807) is 11.3 Å². The smallest absolute Gasteiger partial charge is 0.0481 e. The van der Waals surface area contributed by atoms with Gasteiger partial charge in [-0.25, -0.2) is 0 Å². The summed E-state index contributed by atoms with van der Waals surface area (Å²) >= 11 is 8.00. The van der Waals surface area contributed by atoms with Crippen LogP contribution in [0.15, 0.2) is 17.5 Å². The summed E-state index contributed by atoms with van der Waals surface area (Å²) in [5, 5.41) is 4.38. The molecule has 0 saturated heterocycles. The van der Waals surface area contributed by atoms with E-state index in [0.29, 0.717) is 0 Å². The van der Waals surface area contributed by atoms with Crippen LogP contribution in [0.1, 0.15) is 18.1 Å². The van der Waals surface area contributed by atoms with Gasteiger partial charge in [-0.05, 0) is 47.4 Å². The first kappa shape index (κ1) is 9.04. The highest BCUT2D eigenvalue weighted by Crippen LogP contribution is 2.32. The summed E-state index contributed by atoms with van der Waals surface area (Å²) in [6.45, 7) is 4.24. The van der Waals surface area contributed by atoms with Crippen molar-refractivity contribution in [2.75, 3.05) is 0 Å². The fraction of sp³-hybridized carbons (Fsp3) is 0.273. The van der Waals surface area contributed by atoms with E-state index in [-0.39, 0.29) is 0 Å². The first-order chi connectivity index (χ1) is 6.24. The Bertz CT molecular complexity index is 443. The third-order valence-electron chi connectivity index (χ3n) is 2.36. The van der Waals surface area contributed by atoms with Gasteiger partial charge in [-0.1, -0.05) is 18.5 Å². The molecule has 0 N–H and O–H groups in total. The number of rotatable bonds is 1. The van der Waals surface area contributed by atoms with Gasteiger partial charge >= 0.3 is 0 Å². The maximum absolute atomic E-state index is 6.24. The maximum Gasteiger partial charge on any atom is 0.0481 e. The molecule has 0 radical (unpaired) electrons. The standard InChI is InChI=1S/C11H11ClS/c1-3-8-6-9-4-5-13-11(9)7(2)10(8)12/h4-6H,3H2,1-2H3. The Kier molecular flexibility index (Phi) is 2.31. The molecule has 0 bridgehead atoms. The molecule has 2 rings (SSSR count). The second kappa shape index (κ2) is 3.32. The Balaban J connectivity index is 2.83. The lowest BCUT2D eigenvalue weighted by molar-refractivity contribution is 1.14. The lowest BCUT2D eigenvalue weighted by Crippen LogP contribution is -1.85. The number of halogens is 1. The molecule has 0 spiro atoms. The normalized spacial score (nSPS) is 11.0. The molecule has 0 amide bonds. The van der Waals surface area contributed by atoms with Crippen molar-refractivity contribution in [1.29, 1.82) is 0 Å². The minimum atomic E-state index is 0.942. The topological polar surface area (TPSA) is 0 Å². The predicted molar refractivity (Wildman–Crippen MR) is 61.0 cm³/mol. The Labute approximate surface area is 87.2 Å². The van der Waals surface area contributed by atoms with Gasteiger partial charge in [0.2, 0.25) is 0 Å². The van der Waals surface area contributed by atoms with Crippen molar-refractivity contribution in [1.82, 2.24) is 0 Å². The van der Waals surface area contributed by atoms with Gasteiger partial charge in [-0.15, -0.1) is 11.3 Å².